The van der Waals surface area contributed by atoms with Crippen LogP contribution in [0, 0.1) is 0 Å². The lowest BCUT2D eigenvalue weighted by Crippen LogP contribution is -2.76. The molecule has 0 radical (unpaired) electrons. The fraction of sp³-hybridized carbons (Fsp3) is 0. The van der Waals surface area contributed by atoms with Crippen molar-refractivity contribution in [3.05, 3.63) is 188 Å². The number of hydrogen-bond acceptors (Lipinski definition) is 4. The number of aromatic nitrogens is 3. The molecular formula is C45H31N3OSi. The van der Waals surface area contributed by atoms with Gasteiger partial charge in [-0.15, -0.1) is 0 Å². The lowest BCUT2D eigenvalue weighted by atomic mass is 10.0. The van der Waals surface area contributed by atoms with E-state index in [-0.39, 0.29) is 0 Å². The van der Waals surface area contributed by atoms with Crippen molar-refractivity contribution in [2.75, 3.05) is 0 Å². The molecule has 0 spiro atoms. The van der Waals surface area contributed by atoms with E-state index in [1.165, 1.54) is 20.7 Å². The van der Waals surface area contributed by atoms with Gasteiger partial charge in [-0.3, -0.25) is 0 Å². The quantitative estimate of drug-likeness (QED) is 0.170. The van der Waals surface area contributed by atoms with Crippen molar-refractivity contribution in [1.29, 1.82) is 0 Å². The predicted octanol–water partition coefficient (Wildman–Crippen LogP) is 8.02. The van der Waals surface area contributed by atoms with Gasteiger partial charge in [0.1, 0.15) is 11.5 Å². The molecule has 0 saturated heterocycles. The zero-order chi connectivity index (χ0) is 33.3. The third-order valence-corrected chi connectivity index (χ3v) is 14.3. The molecule has 0 fully saturated rings. The Hall–Kier alpha value is -6.43. The summed E-state index contributed by atoms with van der Waals surface area (Å²) in [6.45, 7) is 0. The minimum atomic E-state index is -2.84. The SMILES string of the molecule is c1ccc(-c2cccc(-c3nc(-c4ccccc4)nc(-c4ccc5c(c4)[Si](c4ccccc4)(c4ccccc4)c4ccccc4O5)n3)c2)cc1. The Labute approximate surface area is 292 Å². The normalized spacial score (nSPS) is 12.7. The van der Waals surface area contributed by atoms with Gasteiger partial charge in [0.05, 0.1) is 0 Å². The molecule has 2 heterocycles. The Morgan fingerprint density at radius 2 is 0.780 bits per heavy atom. The van der Waals surface area contributed by atoms with E-state index < -0.39 is 8.07 Å². The number of rotatable bonds is 6. The second kappa shape index (κ2) is 12.5. The third-order valence-electron chi connectivity index (χ3n) is 9.46. The van der Waals surface area contributed by atoms with Crippen LogP contribution in [0.1, 0.15) is 0 Å². The fourth-order valence-electron chi connectivity index (χ4n) is 7.16. The zero-order valence-corrected chi connectivity index (χ0v) is 28.1. The summed E-state index contributed by atoms with van der Waals surface area (Å²) in [5.74, 6) is 3.63. The van der Waals surface area contributed by atoms with Gasteiger partial charge in [0, 0.05) is 16.7 Å². The van der Waals surface area contributed by atoms with Crippen LogP contribution in [0.15, 0.2) is 188 Å². The molecule has 1 aliphatic rings. The van der Waals surface area contributed by atoms with Gasteiger partial charge in [0.2, 0.25) is 0 Å². The van der Waals surface area contributed by atoms with Crippen molar-refractivity contribution < 1.29 is 4.74 Å². The molecule has 1 aliphatic heterocycles. The van der Waals surface area contributed by atoms with Gasteiger partial charge in [0.25, 0.3) is 0 Å². The van der Waals surface area contributed by atoms with Crippen LogP contribution in [-0.4, -0.2) is 23.0 Å². The Balaban J connectivity index is 1.28. The molecule has 0 bridgehead atoms. The molecule has 0 saturated carbocycles. The van der Waals surface area contributed by atoms with E-state index in [2.05, 4.69) is 152 Å². The fourth-order valence-corrected chi connectivity index (χ4v) is 12.1. The third kappa shape index (κ3) is 5.12. The molecular weight excluding hydrogens is 627 g/mol. The Morgan fingerprint density at radius 3 is 1.42 bits per heavy atom. The molecule has 0 N–H and O–H groups in total. The first kappa shape index (κ1) is 29.7. The number of para-hydroxylation sites is 1. The molecule has 236 valence electrons. The predicted molar refractivity (Wildman–Crippen MR) is 205 cm³/mol. The summed E-state index contributed by atoms with van der Waals surface area (Å²) < 4.78 is 6.69. The van der Waals surface area contributed by atoms with Gasteiger partial charge in [-0.2, -0.15) is 0 Å². The van der Waals surface area contributed by atoms with E-state index in [1.807, 2.05) is 36.4 Å². The van der Waals surface area contributed by atoms with Crippen molar-refractivity contribution in [2.45, 2.75) is 0 Å². The van der Waals surface area contributed by atoms with Crippen LogP contribution in [-0.2, 0) is 0 Å². The lowest BCUT2D eigenvalue weighted by molar-refractivity contribution is 0.487. The summed E-state index contributed by atoms with van der Waals surface area (Å²) in [4.78, 5) is 15.3. The van der Waals surface area contributed by atoms with E-state index in [0.29, 0.717) is 17.5 Å². The summed E-state index contributed by atoms with van der Waals surface area (Å²) in [7, 11) is -2.84. The van der Waals surface area contributed by atoms with Crippen molar-refractivity contribution in [3.8, 4) is 56.8 Å². The highest BCUT2D eigenvalue weighted by Crippen LogP contribution is 2.33. The molecule has 9 rings (SSSR count). The van der Waals surface area contributed by atoms with Crippen LogP contribution in [0.25, 0.3) is 45.3 Å². The largest absolute Gasteiger partial charge is 0.458 e. The first-order chi connectivity index (χ1) is 24.8. The van der Waals surface area contributed by atoms with E-state index in [4.69, 9.17) is 19.7 Å². The highest BCUT2D eigenvalue weighted by atomic mass is 28.3. The molecule has 0 amide bonds. The average Bonchev–Trinajstić information content (AvgIpc) is 3.21. The Morgan fingerprint density at radius 1 is 0.320 bits per heavy atom. The summed E-state index contributed by atoms with van der Waals surface area (Å²) in [6, 6.07) is 65.7. The number of nitrogens with zero attached hydrogens (tertiary/aromatic N) is 3. The van der Waals surface area contributed by atoms with Crippen LogP contribution >= 0.6 is 0 Å². The van der Waals surface area contributed by atoms with Gasteiger partial charge < -0.3 is 4.74 Å². The van der Waals surface area contributed by atoms with Crippen molar-refractivity contribution in [3.63, 3.8) is 0 Å². The first-order valence-corrected chi connectivity index (χ1v) is 18.8. The number of ether oxygens (including phenoxy) is 1. The van der Waals surface area contributed by atoms with Gasteiger partial charge in [-0.25, -0.2) is 15.0 Å². The molecule has 0 atom stereocenters. The zero-order valence-electron chi connectivity index (χ0n) is 27.1. The van der Waals surface area contributed by atoms with E-state index >= 15 is 0 Å². The van der Waals surface area contributed by atoms with Gasteiger partial charge in [0.15, 0.2) is 25.5 Å². The van der Waals surface area contributed by atoms with Crippen molar-refractivity contribution in [2.24, 2.45) is 0 Å². The van der Waals surface area contributed by atoms with E-state index in [9.17, 15) is 0 Å². The van der Waals surface area contributed by atoms with Crippen molar-refractivity contribution >= 4 is 28.8 Å². The molecule has 1 aromatic heterocycles. The summed E-state index contributed by atoms with van der Waals surface area (Å²) in [6.07, 6.45) is 0. The molecule has 4 nitrogen and oxygen atoms in total. The molecule has 50 heavy (non-hydrogen) atoms. The van der Waals surface area contributed by atoms with Gasteiger partial charge >= 0.3 is 0 Å². The Bertz CT molecular complexity index is 2410. The Kier molecular flexibility index (Phi) is 7.45. The maximum absolute atomic E-state index is 6.69. The molecule has 0 aliphatic carbocycles. The second-order valence-electron chi connectivity index (χ2n) is 12.4. The molecule has 5 heteroatoms. The highest BCUT2D eigenvalue weighted by Gasteiger charge is 2.48. The minimum absolute atomic E-state index is 0.615. The van der Waals surface area contributed by atoms with E-state index in [1.54, 1.807) is 0 Å². The maximum atomic E-state index is 6.69. The smallest absolute Gasteiger partial charge is 0.188 e. The van der Waals surface area contributed by atoms with E-state index in [0.717, 1.165) is 39.3 Å². The number of benzene rings is 7. The number of fused-ring (bicyclic) bond motifs is 2. The van der Waals surface area contributed by atoms with Crippen LogP contribution < -0.4 is 25.5 Å². The minimum Gasteiger partial charge on any atom is -0.458 e. The maximum Gasteiger partial charge on any atom is 0.188 e. The topological polar surface area (TPSA) is 47.9 Å². The molecule has 0 unspecified atom stereocenters. The van der Waals surface area contributed by atoms with Gasteiger partial charge in [-0.1, -0.05) is 158 Å². The monoisotopic (exact) mass is 657 g/mol. The molecule has 8 aromatic rings. The molecule has 7 aromatic carbocycles. The second-order valence-corrected chi connectivity index (χ2v) is 16.1. The van der Waals surface area contributed by atoms with Crippen LogP contribution in [0.5, 0.6) is 11.5 Å². The number of hydrogen-bond donors (Lipinski definition) is 0. The lowest BCUT2D eigenvalue weighted by Gasteiger charge is -2.39. The van der Waals surface area contributed by atoms with Crippen molar-refractivity contribution in [1.82, 2.24) is 15.0 Å². The summed E-state index contributed by atoms with van der Waals surface area (Å²) in [5.41, 5.74) is 5.03. The summed E-state index contributed by atoms with van der Waals surface area (Å²) in [5, 5.41) is 4.97. The standard InChI is InChI=1S/C45H31N3OSi/c1-5-16-32(17-6-1)34-20-15-21-35(30-34)44-46-43(33-18-7-2-8-19-33)47-45(48-44)36-28-29-40-42(31-36)50(37-22-9-3-10-23-37,38-24-11-4-12-25-38)41-27-14-13-26-39(41)49-40/h1-31H. The van der Waals surface area contributed by atoms with Crippen LogP contribution in [0.2, 0.25) is 0 Å². The average molecular weight is 658 g/mol. The summed E-state index contributed by atoms with van der Waals surface area (Å²) >= 11 is 0. The van der Waals surface area contributed by atoms with Crippen LogP contribution in [0.3, 0.4) is 0 Å². The van der Waals surface area contributed by atoms with Crippen LogP contribution in [0.4, 0.5) is 0 Å². The highest BCUT2D eigenvalue weighted by molar-refractivity contribution is 7.20. The first-order valence-electron chi connectivity index (χ1n) is 16.8. The van der Waals surface area contributed by atoms with Gasteiger partial charge in [-0.05, 0) is 62.2 Å².